The minimum Gasteiger partial charge on any atom is -0.389 e. The number of hydrogen-bond donors (Lipinski definition) is 2. The molecule has 14 heavy (non-hydrogen) atoms. The zero-order valence-corrected chi connectivity index (χ0v) is 9.08. The van der Waals surface area contributed by atoms with Crippen LogP contribution in [0, 0.1) is 17.2 Å². The second kappa shape index (κ2) is 4.77. The molecule has 80 valence electrons. The van der Waals surface area contributed by atoms with Crippen molar-refractivity contribution >= 4 is 0 Å². The molecule has 3 atom stereocenters. The van der Waals surface area contributed by atoms with Crippen LogP contribution in [-0.2, 0) is 0 Å². The lowest BCUT2D eigenvalue weighted by Gasteiger charge is -2.36. The van der Waals surface area contributed by atoms with Crippen molar-refractivity contribution in [2.45, 2.75) is 51.2 Å². The minimum atomic E-state index is -0.581. The third-order valence-corrected chi connectivity index (χ3v) is 3.00. The summed E-state index contributed by atoms with van der Waals surface area (Å²) < 4.78 is 0. The van der Waals surface area contributed by atoms with Crippen molar-refractivity contribution in [1.29, 1.82) is 5.26 Å². The highest BCUT2D eigenvalue weighted by Gasteiger charge is 2.32. The van der Waals surface area contributed by atoms with Crippen LogP contribution in [0.5, 0.6) is 0 Å². The van der Waals surface area contributed by atoms with Gasteiger partial charge in [0.2, 0.25) is 0 Å². The largest absolute Gasteiger partial charge is 0.389 e. The Kier molecular flexibility index (Phi) is 3.91. The first-order chi connectivity index (χ1) is 6.56. The average Bonchev–Trinajstić information content (AvgIpc) is 2.14. The van der Waals surface area contributed by atoms with E-state index in [4.69, 9.17) is 5.26 Å². The Morgan fingerprint density at radius 1 is 1.71 bits per heavy atom. The molecule has 1 aliphatic rings. The maximum absolute atomic E-state index is 10.2. The maximum atomic E-state index is 10.2. The molecule has 1 aliphatic carbocycles. The fraction of sp³-hybridized carbons (Fsp3) is 0.909. The van der Waals surface area contributed by atoms with Crippen LogP contribution >= 0.6 is 0 Å². The van der Waals surface area contributed by atoms with Crippen LogP contribution in [0.3, 0.4) is 0 Å². The molecule has 0 heterocycles. The monoisotopic (exact) mass is 196 g/mol. The van der Waals surface area contributed by atoms with Crippen LogP contribution in [0.25, 0.3) is 0 Å². The molecule has 0 aromatic heterocycles. The Morgan fingerprint density at radius 2 is 2.43 bits per heavy atom. The van der Waals surface area contributed by atoms with E-state index in [1.807, 2.05) is 6.92 Å². The molecule has 0 bridgehead atoms. The van der Waals surface area contributed by atoms with E-state index in [-0.39, 0.29) is 6.04 Å². The van der Waals surface area contributed by atoms with Gasteiger partial charge in [0.25, 0.3) is 0 Å². The fourth-order valence-electron chi connectivity index (χ4n) is 2.18. The molecule has 0 spiro atoms. The molecule has 0 aliphatic heterocycles. The van der Waals surface area contributed by atoms with E-state index < -0.39 is 5.60 Å². The van der Waals surface area contributed by atoms with E-state index in [1.54, 1.807) is 0 Å². The van der Waals surface area contributed by atoms with E-state index in [0.717, 1.165) is 19.3 Å². The average molecular weight is 196 g/mol. The molecule has 2 N–H and O–H groups in total. The lowest BCUT2D eigenvalue weighted by Crippen LogP contribution is -2.46. The molecule has 1 rings (SSSR count). The van der Waals surface area contributed by atoms with E-state index in [2.05, 4.69) is 18.3 Å². The summed E-state index contributed by atoms with van der Waals surface area (Å²) in [6.45, 7) is 4.54. The Bertz CT molecular complexity index is 224. The summed E-state index contributed by atoms with van der Waals surface area (Å²) in [6, 6.07) is 1.94. The predicted molar refractivity (Wildman–Crippen MR) is 55.7 cm³/mol. The molecule has 0 saturated heterocycles. The van der Waals surface area contributed by atoms with Crippen molar-refractivity contribution in [2.75, 3.05) is 6.54 Å². The van der Waals surface area contributed by atoms with Gasteiger partial charge in [-0.3, -0.25) is 5.32 Å². The van der Waals surface area contributed by atoms with Gasteiger partial charge in [0, 0.05) is 6.54 Å². The second-order valence-electron chi connectivity index (χ2n) is 4.66. The molecule has 3 unspecified atom stereocenters. The highest BCUT2D eigenvalue weighted by Crippen LogP contribution is 2.31. The SMILES string of the molecule is CC1CCCC(O)(CNC(C)C#N)C1. The molecule has 0 aromatic rings. The third kappa shape index (κ3) is 3.28. The van der Waals surface area contributed by atoms with Gasteiger partial charge < -0.3 is 5.11 Å². The number of nitrogens with one attached hydrogen (secondary N) is 1. The van der Waals surface area contributed by atoms with Gasteiger partial charge in [-0.05, 0) is 25.7 Å². The summed E-state index contributed by atoms with van der Waals surface area (Å²) in [5.74, 6) is 0.605. The summed E-state index contributed by atoms with van der Waals surface area (Å²) >= 11 is 0. The van der Waals surface area contributed by atoms with Crippen LogP contribution < -0.4 is 5.32 Å². The van der Waals surface area contributed by atoms with E-state index >= 15 is 0 Å². The predicted octanol–water partition coefficient (Wildman–Crippen LogP) is 1.43. The third-order valence-electron chi connectivity index (χ3n) is 3.00. The molecule has 1 fully saturated rings. The topological polar surface area (TPSA) is 56.0 Å². The van der Waals surface area contributed by atoms with Crippen LogP contribution in [-0.4, -0.2) is 23.3 Å². The number of hydrogen-bond acceptors (Lipinski definition) is 3. The Balaban J connectivity index is 2.37. The van der Waals surface area contributed by atoms with E-state index in [1.165, 1.54) is 6.42 Å². The molecule has 0 amide bonds. The van der Waals surface area contributed by atoms with Gasteiger partial charge in [0.05, 0.1) is 17.7 Å². The first kappa shape index (κ1) is 11.5. The molecule has 3 heteroatoms. The lowest BCUT2D eigenvalue weighted by atomic mass is 9.79. The normalized spacial score (nSPS) is 34.9. The van der Waals surface area contributed by atoms with Crippen LogP contribution in [0.1, 0.15) is 39.5 Å². The molecule has 0 aromatic carbocycles. The highest BCUT2D eigenvalue weighted by molar-refractivity contribution is 4.92. The first-order valence-electron chi connectivity index (χ1n) is 5.41. The van der Waals surface area contributed by atoms with Crippen molar-refractivity contribution in [1.82, 2.24) is 5.32 Å². The van der Waals surface area contributed by atoms with Crippen LogP contribution in [0.15, 0.2) is 0 Å². The highest BCUT2D eigenvalue weighted by atomic mass is 16.3. The van der Waals surface area contributed by atoms with Gasteiger partial charge in [-0.2, -0.15) is 5.26 Å². The van der Waals surface area contributed by atoms with Gasteiger partial charge in [-0.15, -0.1) is 0 Å². The molecule has 1 saturated carbocycles. The molecular weight excluding hydrogens is 176 g/mol. The van der Waals surface area contributed by atoms with Gasteiger partial charge in [0.15, 0.2) is 0 Å². The van der Waals surface area contributed by atoms with Crippen LogP contribution in [0.4, 0.5) is 0 Å². The van der Waals surface area contributed by atoms with Crippen molar-refractivity contribution in [3.05, 3.63) is 0 Å². The summed E-state index contributed by atoms with van der Waals surface area (Å²) in [7, 11) is 0. The summed E-state index contributed by atoms with van der Waals surface area (Å²) in [5, 5.41) is 21.9. The second-order valence-corrected chi connectivity index (χ2v) is 4.66. The lowest BCUT2D eigenvalue weighted by molar-refractivity contribution is -0.0123. The Labute approximate surface area is 86.1 Å². The van der Waals surface area contributed by atoms with Gasteiger partial charge in [-0.1, -0.05) is 19.8 Å². The zero-order chi connectivity index (χ0) is 10.6. The van der Waals surface area contributed by atoms with Gasteiger partial charge in [-0.25, -0.2) is 0 Å². The number of rotatable bonds is 3. The molecule has 0 radical (unpaired) electrons. The van der Waals surface area contributed by atoms with Crippen LogP contribution in [0.2, 0.25) is 0 Å². The number of aliphatic hydroxyl groups is 1. The van der Waals surface area contributed by atoms with Gasteiger partial charge >= 0.3 is 0 Å². The molecule has 3 nitrogen and oxygen atoms in total. The van der Waals surface area contributed by atoms with E-state index in [9.17, 15) is 5.11 Å². The standard InChI is InChI=1S/C11H20N2O/c1-9-4-3-5-11(14,6-9)8-13-10(2)7-12/h9-10,13-14H,3-6,8H2,1-2H3. The summed E-state index contributed by atoms with van der Waals surface area (Å²) in [4.78, 5) is 0. The van der Waals surface area contributed by atoms with Crippen molar-refractivity contribution in [2.24, 2.45) is 5.92 Å². The summed E-state index contributed by atoms with van der Waals surface area (Å²) in [6.07, 6.45) is 4.04. The first-order valence-corrected chi connectivity index (χ1v) is 5.41. The zero-order valence-electron chi connectivity index (χ0n) is 9.08. The Hall–Kier alpha value is -0.590. The summed E-state index contributed by atoms with van der Waals surface area (Å²) in [5.41, 5.74) is -0.581. The van der Waals surface area contributed by atoms with Crippen molar-refractivity contribution in [3.63, 3.8) is 0 Å². The number of nitriles is 1. The minimum absolute atomic E-state index is 0.170. The molecular formula is C11H20N2O. The maximum Gasteiger partial charge on any atom is 0.0925 e. The number of nitrogens with zero attached hydrogens (tertiary/aromatic N) is 1. The van der Waals surface area contributed by atoms with Crippen molar-refractivity contribution < 1.29 is 5.11 Å². The quantitative estimate of drug-likeness (QED) is 0.718. The Morgan fingerprint density at radius 3 is 3.00 bits per heavy atom. The fourth-order valence-corrected chi connectivity index (χ4v) is 2.18. The van der Waals surface area contributed by atoms with E-state index in [0.29, 0.717) is 12.5 Å². The van der Waals surface area contributed by atoms with Crippen molar-refractivity contribution in [3.8, 4) is 6.07 Å². The smallest absolute Gasteiger partial charge is 0.0925 e. The van der Waals surface area contributed by atoms with Gasteiger partial charge in [0.1, 0.15) is 0 Å².